The van der Waals surface area contributed by atoms with E-state index >= 15 is 0 Å². The monoisotopic (exact) mass is 344 g/mol. The lowest BCUT2D eigenvalue weighted by Crippen LogP contribution is -2.18. The highest BCUT2D eigenvalue weighted by atomic mass is 79.9. The van der Waals surface area contributed by atoms with E-state index in [1.807, 2.05) is 30.3 Å². The lowest BCUT2D eigenvalue weighted by atomic mass is 10.2. The molecule has 2 aromatic carbocycles. The summed E-state index contributed by atoms with van der Waals surface area (Å²) in [6.45, 7) is 0.302. The normalized spacial score (nSPS) is 9.90. The molecule has 0 unspecified atom stereocenters. The van der Waals surface area contributed by atoms with Gasteiger partial charge in [0.25, 0.3) is 0 Å². The zero-order chi connectivity index (χ0) is 15.1. The third-order valence-electron chi connectivity index (χ3n) is 2.74. The fourth-order valence-electron chi connectivity index (χ4n) is 1.72. The molecule has 5 heteroatoms. The number of anilines is 1. The Labute approximate surface area is 131 Å². The summed E-state index contributed by atoms with van der Waals surface area (Å²) in [6, 6.07) is 16.6. The average molecular weight is 345 g/mol. The number of carbonyl (C=O) groups excluding carboxylic acids is 1. The van der Waals surface area contributed by atoms with Crippen molar-refractivity contribution in [3.05, 3.63) is 64.1 Å². The predicted octanol–water partition coefficient (Wildman–Crippen LogP) is 3.48. The number of para-hydroxylation sites is 1. The van der Waals surface area contributed by atoms with Gasteiger partial charge in [-0.15, -0.1) is 0 Å². The Morgan fingerprint density at radius 3 is 2.62 bits per heavy atom. The molecule has 0 fully saturated rings. The molecule has 0 aliphatic heterocycles. The van der Waals surface area contributed by atoms with Crippen LogP contribution in [-0.2, 0) is 16.1 Å². The lowest BCUT2D eigenvalue weighted by molar-refractivity contribution is -0.121. The number of halogens is 1. The quantitative estimate of drug-likeness (QED) is 0.903. The Hall–Kier alpha value is -2.16. The first-order valence-corrected chi connectivity index (χ1v) is 7.09. The number of hydrogen-bond acceptors (Lipinski definition) is 3. The van der Waals surface area contributed by atoms with Crippen molar-refractivity contribution in [3.8, 4) is 6.07 Å². The second kappa shape index (κ2) is 7.58. The van der Waals surface area contributed by atoms with E-state index in [2.05, 4.69) is 21.2 Å². The Balaban J connectivity index is 1.82. The molecule has 0 saturated heterocycles. The first-order valence-electron chi connectivity index (χ1n) is 6.30. The molecule has 0 radical (unpaired) electrons. The molecule has 1 amide bonds. The van der Waals surface area contributed by atoms with Gasteiger partial charge in [-0.1, -0.05) is 40.2 Å². The average Bonchev–Trinajstić information content (AvgIpc) is 2.50. The lowest BCUT2D eigenvalue weighted by Gasteiger charge is -2.07. The molecule has 2 rings (SSSR count). The van der Waals surface area contributed by atoms with Crippen molar-refractivity contribution < 1.29 is 9.53 Å². The Kier molecular flexibility index (Phi) is 5.50. The van der Waals surface area contributed by atoms with E-state index in [-0.39, 0.29) is 12.5 Å². The number of nitriles is 1. The van der Waals surface area contributed by atoms with E-state index in [0.717, 1.165) is 10.0 Å². The van der Waals surface area contributed by atoms with Crippen molar-refractivity contribution in [1.82, 2.24) is 0 Å². The summed E-state index contributed by atoms with van der Waals surface area (Å²) in [7, 11) is 0. The summed E-state index contributed by atoms with van der Waals surface area (Å²) in [6.07, 6.45) is 0. The van der Waals surface area contributed by atoms with Gasteiger partial charge < -0.3 is 10.1 Å². The van der Waals surface area contributed by atoms with Gasteiger partial charge in [-0.25, -0.2) is 0 Å². The van der Waals surface area contributed by atoms with Gasteiger partial charge in [0.05, 0.1) is 17.9 Å². The van der Waals surface area contributed by atoms with Gasteiger partial charge in [-0.2, -0.15) is 5.26 Å². The summed E-state index contributed by atoms with van der Waals surface area (Å²) < 4.78 is 6.35. The third-order valence-corrected chi connectivity index (χ3v) is 3.27. The van der Waals surface area contributed by atoms with Crippen LogP contribution in [0.25, 0.3) is 0 Å². The summed E-state index contributed by atoms with van der Waals surface area (Å²) in [5.74, 6) is -0.283. The maximum atomic E-state index is 11.8. The maximum Gasteiger partial charge on any atom is 0.250 e. The van der Waals surface area contributed by atoms with Crippen LogP contribution in [0.4, 0.5) is 5.69 Å². The van der Waals surface area contributed by atoms with Crippen molar-refractivity contribution in [3.63, 3.8) is 0 Å². The molecular formula is C16H13BrN2O2. The molecule has 0 heterocycles. The van der Waals surface area contributed by atoms with Crippen LogP contribution in [0.3, 0.4) is 0 Å². The van der Waals surface area contributed by atoms with Crippen LogP contribution in [0.2, 0.25) is 0 Å². The van der Waals surface area contributed by atoms with E-state index in [4.69, 9.17) is 10.00 Å². The standard InChI is InChI=1S/C16H13BrN2O2/c17-14-7-5-12(6-8-14)10-21-11-16(20)19-15-4-2-1-3-13(15)9-18/h1-8H,10-11H2,(H,19,20). The molecule has 0 bridgehead atoms. The highest BCUT2D eigenvalue weighted by Gasteiger charge is 2.06. The predicted molar refractivity (Wildman–Crippen MR) is 83.6 cm³/mol. The molecule has 0 spiro atoms. The highest BCUT2D eigenvalue weighted by Crippen LogP contribution is 2.14. The van der Waals surface area contributed by atoms with Crippen molar-refractivity contribution in [2.75, 3.05) is 11.9 Å². The van der Waals surface area contributed by atoms with E-state index in [9.17, 15) is 4.79 Å². The maximum absolute atomic E-state index is 11.8. The highest BCUT2D eigenvalue weighted by molar-refractivity contribution is 9.10. The van der Waals surface area contributed by atoms with Crippen LogP contribution in [0.5, 0.6) is 0 Å². The fraction of sp³-hybridized carbons (Fsp3) is 0.125. The number of hydrogen-bond donors (Lipinski definition) is 1. The molecule has 2 aromatic rings. The van der Waals surface area contributed by atoms with E-state index < -0.39 is 0 Å². The molecule has 21 heavy (non-hydrogen) atoms. The van der Waals surface area contributed by atoms with E-state index in [1.54, 1.807) is 24.3 Å². The first-order chi connectivity index (χ1) is 10.2. The second-order valence-corrected chi connectivity index (χ2v) is 5.24. The fourth-order valence-corrected chi connectivity index (χ4v) is 1.98. The second-order valence-electron chi connectivity index (χ2n) is 4.32. The van der Waals surface area contributed by atoms with Crippen LogP contribution in [-0.4, -0.2) is 12.5 Å². The minimum Gasteiger partial charge on any atom is -0.367 e. The molecule has 0 aromatic heterocycles. The van der Waals surface area contributed by atoms with Gasteiger partial charge >= 0.3 is 0 Å². The molecule has 0 atom stereocenters. The van der Waals surface area contributed by atoms with Gasteiger partial charge in [0.1, 0.15) is 12.7 Å². The minimum atomic E-state index is -0.283. The number of carbonyl (C=O) groups is 1. The Morgan fingerprint density at radius 1 is 1.19 bits per heavy atom. The van der Waals surface area contributed by atoms with E-state index in [1.165, 1.54) is 0 Å². The number of nitrogens with one attached hydrogen (secondary N) is 1. The van der Waals surface area contributed by atoms with Crippen LogP contribution in [0, 0.1) is 11.3 Å². The van der Waals surface area contributed by atoms with Crippen molar-refractivity contribution in [1.29, 1.82) is 5.26 Å². The molecule has 4 nitrogen and oxygen atoms in total. The van der Waals surface area contributed by atoms with Crippen LogP contribution in [0.1, 0.15) is 11.1 Å². The van der Waals surface area contributed by atoms with Gasteiger partial charge in [0.15, 0.2) is 0 Å². The smallest absolute Gasteiger partial charge is 0.250 e. The topological polar surface area (TPSA) is 62.1 Å². The zero-order valence-corrected chi connectivity index (χ0v) is 12.8. The number of ether oxygens (including phenoxy) is 1. The van der Waals surface area contributed by atoms with Gasteiger partial charge in [-0.3, -0.25) is 4.79 Å². The largest absolute Gasteiger partial charge is 0.367 e. The Bertz CT molecular complexity index is 663. The molecule has 0 saturated carbocycles. The zero-order valence-electron chi connectivity index (χ0n) is 11.2. The van der Waals surface area contributed by atoms with Crippen molar-refractivity contribution in [2.45, 2.75) is 6.61 Å². The summed E-state index contributed by atoms with van der Waals surface area (Å²) in [4.78, 5) is 11.8. The summed E-state index contributed by atoms with van der Waals surface area (Å²) >= 11 is 3.36. The van der Waals surface area contributed by atoms with Crippen molar-refractivity contribution in [2.24, 2.45) is 0 Å². The summed E-state index contributed by atoms with van der Waals surface area (Å²) in [5.41, 5.74) is 1.92. The number of amides is 1. The third kappa shape index (κ3) is 4.71. The van der Waals surface area contributed by atoms with Gasteiger partial charge in [0.2, 0.25) is 5.91 Å². The molecule has 0 aliphatic carbocycles. The number of benzene rings is 2. The first kappa shape index (κ1) is 15.2. The van der Waals surface area contributed by atoms with Gasteiger partial charge in [-0.05, 0) is 29.8 Å². The molecule has 106 valence electrons. The summed E-state index contributed by atoms with van der Waals surface area (Å²) in [5, 5.41) is 11.6. The van der Waals surface area contributed by atoms with Crippen LogP contribution >= 0.6 is 15.9 Å². The molecule has 0 aliphatic rings. The molecular weight excluding hydrogens is 332 g/mol. The Morgan fingerprint density at radius 2 is 1.90 bits per heavy atom. The number of nitrogens with zero attached hydrogens (tertiary/aromatic N) is 1. The minimum absolute atomic E-state index is 0.0597. The van der Waals surface area contributed by atoms with Crippen LogP contribution in [0.15, 0.2) is 53.0 Å². The SMILES string of the molecule is N#Cc1ccccc1NC(=O)COCc1ccc(Br)cc1. The van der Waals surface area contributed by atoms with Gasteiger partial charge in [0, 0.05) is 4.47 Å². The molecule has 1 N–H and O–H groups in total. The van der Waals surface area contributed by atoms with E-state index in [0.29, 0.717) is 17.9 Å². The number of rotatable bonds is 5. The van der Waals surface area contributed by atoms with Crippen LogP contribution < -0.4 is 5.32 Å². The van der Waals surface area contributed by atoms with Crippen molar-refractivity contribution >= 4 is 27.5 Å².